The third-order valence-electron chi connectivity index (χ3n) is 5.58. The number of aryl methyl sites for hydroxylation is 2. The first-order chi connectivity index (χ1) is 14.0. The van der Waals surface area contributed by atoms with Gasteiger partial charge in [0.25, 0.3) is 11.8 Å². The van der Waals surface area contributed by atoms with Crippen molar-refractivity contribution in [2.75, 3.05) is 46.1 Å². The Morgan fingerprint density at radius 3 is 2.41 bits per heavy atom. The first kappa shape index (κ1) is 21.5. The average molecular weight is 401 g/mol. The predicted molar refractivity (Wildman–Crippen MR) is 112 cm³/mol. The lowest BCUT2D eigenvalue weighted by Crippen LogP contribution is -2.40. The average Bonchev–Trinajstić information content (AvgIpc) is 2.97. The Morgan fingerprint density at radius 2 is 1.72 bits per heavy atom. The largest absolute Gasteiger partial charge is 0.381 e. The molecular weight excluding hydrogens is 368 g/mol. The number of rotatable bonds is 9. The van der Waals surface area contributed by atoms with Gasteiger partial charge in [-0.2, -0.15) is 0 Å². The molecule has 0 N–H and O–H groups in total. The lowest BCUT2D eigenvalue weighted by molar-refractivity contribution is -0.138. The van der Waals surface area contributed by atoms with E-state index >= 15 is 0 Å². The highest BCUT2D eigenvalue weighted by Crippen LogP contribution is 2.33. The topological polar surface area (TPSA) is 59.1 Å². The normalized spacial score (nSPS) is 17.6. The highest BCUT2D eigenvalue weighted by Gasteiger charge is 2.41. The Kier molecular flexibility index (Phi) is 7.45. The van der Waals surface area contributed by atoms with Crippen molar-refractivity contribution in [1.82, 2.24) is 9.80 Å². The Bertz CT molecular complexity index is 781. The standard InChI is InChI=1S/C23H32N2O4/c1-4-5-12-28-13-6-9-25-22(26)20(19-8-7-17(2)18(3)16-19)21(23(25)27)24-10-14-29-15-11-24/h7-8,16H,4-6,9-15H2,1-3H3. The summed E-state index contributed by atoms with van der Waals surface area (Å²) in [6.07, 6.45) is 2.77. The summed E-state index contributed by atoms with van der Waals surface area (Å²) in [5.41, 5.74) is 4.13. The number of nitrogens with zero attached hydrogens (tertiary/aromatic N) is 2. The maximum Gasteiger partial charge on any atom is 0.277 e. The van der Waals surface area contributed by atoms with Crippen LogP contribution in [0.25, 0.3) is 5.57 Å². The molecule has 0 atom stereocenters. The van der Waals surface area contributed by atoms with Gasteiger partial charge in [0, 0.05) is 32.8 Å². The minimum Gasteiger partial charge on any atom is -0.381 e. The number of hydrogen-bond donors (Lipinski definition) is 0. The number of imide groups is 1. The Balaban J connectivity index is 1.82. The number of unbranched alkanes of at least 4 members (excludes halogenated alkanes) is 1. The van der Waals surface area contributed by atoms with Crippen LogP contribution in [0, 0.1) is 13.8 Å². The van der Waals surface area contributed by atoms with Gasteiger partial charge >= 0.3 is 0 Å². The van der Waals surface area contributed by atoms with Crippen LogP contribution in [-0.4, -0.2) is 67.7 Å². The fourth-order valence-corrected chi connectivity index (χ4v) is 3.68. The molecule has 2 amide bonds. The van der Waals surface area contributed by atoms with Crippen molar-refractivity contribution in [3.05, 3.63) is 40.6 Å². The third kappa shape index (κ3) is 4.87. The van der Waals surface area contributed by atoms with Gasteiger partial charge in [-0.3, -0.25) is 14.5 Å². The van der Waals surface area contributed by atoms with E-state index in [4.69, 9.17) is 9.47 Å². The highest BCUT2D eigenvalue weighted by atomic mass is 16.5. The second-order valence-electron chi connectivity index (χ2n) is 7.70. The number of carbonyl (C=O) groups excluding carboxylic acids is 2. The summed E-state index contributed by atoms with van der Waals surface area (Å²) in [6, 6.07) is 5.96. The van der Waals surface area contributed by atoms with Crippen molar-refractivity contribution in [3.63, 3.8) is 0 Å². The van der Waals surface area contributed by atoms with Crippen LogP contribution in [0.5, 0.6) is 0 Å². The molecule has 2 aliphatic rings. The summed E-state index contributed by atoms with van der Waals surface area (Å²) in [5, 5.41) is 0. The van der Waals surface area contributed by atoms with Crippen molar-refractivity contribution < 1.29 is 19.1 Å². The van der Waals surface area contributed by atoms with Crippen LogP contribution in [-0.2, 0) is 19.1 Å². The fraction of sp³-hybridized carbons (Fsp3) is 0.565. The van der Waals surface area contributed by atoms with Gasteiger partial charge in [-0.25, -0.2) is 0 Å². The number of carbonyl (C=O) groups is 2. The van der Waals surface area contributed by atoms with Gasteiger partial charge in [-0.1, -0.05) is 31.5 Å². The number of hydrogen-bond acceptors (Lipinski definition) is 5. The maximum absolute atomic E-state index is 13.3. The first-order valence-corrected chi connectivity index (χ1v) is 10.6. The van der Waals surface area contributed by atoms with E-state index in [2.05, 4.69) is 6.92 Å². The number of amides is 2. The van der Waals surface area contributed by atoms with E-state index in [-0.39, 0.29) is 11.8 Å². The van der Waals surface area contributed by atoms with Crippen molar-refractivity contribution in [2.45, 2.75) is 40.0 Å². The molecule has 158 valence electrons. The molecule has 2 heterocycles. The molecule has 2 aliphatic heterocycles. The molecule has 0 spiro atoms. The summed E-state index contributed by atoms with van der Waals surface area (Å²) in [4.78, 5) is 29.9. The predicted octanol–water partition coefficient (Wildman–Crippen LogP) is 2.92. The zero-order chi connectivity index (χ0) is 20.8. The summed E-state index contributed by atoms with van der Waals surface area (Å²) in [7, 11) is 0. The Labute approximate surface area is 173 Å². The smallest absolute Gasteiger partial charge is 0.277 e. The summed E-state index contributed by atoms with van der Waals surface area (Å²) < 4.78 is 11.0. The van der Waals surface area contributed by atoms with Crippen LogP contribution in [0.2, 0.25) is 0 Å². The number of ether oxygens (including phenoxy) is 2. The molecule has 1 aromatic rings. The number of benzene rings is 1. The van der Waals surface area contributed by atoms with Crippen molar-refractivity contribution >= 4 is 17.4 Å². The van der Waals surface area contributed by atoms with E-state index < -0.39 is 0 Å². The molecular formula is C23H32N2O4. The van der Waals surface area contributed by atoms with Crippen molar-refractivity contribution in [2.24, 2.45) is 0 Å². The second kappa shape index (κ2) is 10.0. The zero-order valence-electron chi connectivity index (χ0n) is 17.8. The Hall–Kier alpha value is -2.18. The van der Waals surface area contributed by atoms with Crippen LogP contribution in [0.1, 0.15) is 42.9 Å². The van der Waals surface area contributed by atoms with Crippen LogP contribution < -0.4 is 0 Å². The molecule has 6 heteroatoms. The lowest BCUT2D eigenvalue weighted by Gasteiger charge is -2.29. The number of morpholine rings is 1. The minimum atomic E-state index is -0.201. The molecule has 1 fully saturated rings. The molecule has 0 saturated carbocycles. The SMILES string of the molecule is CCCCOCCCN1C(=O)C(c2ccc(C)c(C)c2)=C(N2CCOCC2)C1=O. The molecule has 0 bridgehead atoms. The summed E-state index contributed by atoms with van der Waals surface area (Å²) in [6.45, 7) is 10.2. The van der Waals surface area contributed by atoms with Gasteiger partial charge < -0.3 is 14.4 Å². The van der Waals surface area contributed by atoms with E-state index in [0.717, 1.165) is 30.6 Å². The fourth-order valence-electron chi connectivity index (χ4n) is 3.68. The first-order valence-electron chi connectivity index (χ1n) is 10.6. The molecule has 3 rings (SSSR count). The van der Waals surface area contributed by atoms with Crippen molar-refractivity contribution in [1.29, 1.82) is 0 Å². The van der Waals surface area contributed by atoms with Gasteiger partial charge in [0.05, 0.1) is 18.8 Å². The molecule has 29 heavy (non-hydrogen) atoms. The second-order valence-corrected chi connectivity index (χ2v) is 7.70. The van der Waals surface area contributed by atoms with Gasteiger partial charge in [0.15, 0.2) is 0 Å². The molecule has 0 aliphatic carbocycles. The minimum absolute atomic E-state index is 0.196. The highest BCUT2D eigenvalue weighted by molar-refractivity contribution is 6.35. The molecule has 0 radical (unpaired) electrons. The third-order valence-corrected chi connectivity index (χ3v) is 5.58. The monoisotopic (exact) mass is 400 g/mol. The van der Waals surface area contributed by atoms with Crippen LogP contribution in [0.3, 0.4) is 0 Å². The maximum atomic E-state index is 13.3. The van der Waals surface area contributed by atoms with Crippen molar-refractivity contribution in [3.8, 4) is 0 Å². The molecule has 0 unspecified atom stereocenters. The molecule has 0 aromatic heterocycles. The van der Waals surface area contributed by atoms with Gasteiger partial charge in [-0.05, 0) is 43.4 Å². The summed E-state index contributed by atoms with van der Waals surface area (Å²) in [5.74, 6) is -0.396. The van der Waals surface area contributed by atoms with E-state index in [1.165, 1.54) is 10.5 Å². The van der Waals surface area contributed by atoms with E-state index in [0.29, 0.717) is 57.1 Å². The van der Waals surface area contributed by atoms with Crippen LogP contribution >= 0.6 is 0 Å². The molecule has 6 nitrogen and oxygen atoms in total. The van der Waals surface area contributed by atoms with Crippen LogP contribution in [0.4, 0.5) is 0 Å². The van der Waals surface area contributed by atoms with E-state index in [1.807, 2.05) is 36.9 Å². The van der Waals surface area contributed by atoms with E-state index in [1.54, 1.807) is 0 Å². The van der Waals surface area contributed by atoms with Crippen LogP contribution in [0.15, 0.2) is 23.9 Å². The zero-order valence-corrected chi connectivity index (χ0v) is 17.8. The quantitative estimate of drug-likeness (QED) is 0.471. The lowest BCUT2D eigenvalue weighted by atomic mass is 9.99. The van der Waals surface area contributed by atoms with Gasteiger partial charge in [0.2, 0.25) is 0 Å². The van der Waals surface area contributed by atoms with Gasteiger partial charge in [-0.15, -0.1) is 0 Å². The van der Waals surface area contributed by atoms with Gasteiger partial charge in [0.1, 0.15) is 5.70 Å². The molecule has 1 saturated heterocycles. The molecule has 1 aromatic carbocycles. The summed E-state index contributed by atoms with van der Waals surface area (Å²) >= 11 is 0. The van der Waals surface area contributed by atoms with E-state index in [9.17, 15) is 9.59 Å². The Morgan fingerprint density at radius 1 is 1.00 bits per heavy atom.